The Balaban J connectivity index is 5.26. The topological polar surface area (TPSA) is 46.6 Å². The van der Waals surface area contributed by atoms with E-state index in [4.69, 9.17) is 4.74 Å². The van der Waals surface area contributed by atoms with Crippen molar-refractivity contribution in [3.05, 3.63) is 0 Å². The maximum absolute atomic E-state index is 12.0. The third-order valence-electron chi connectivity index (χ3n) is 6.00. The molecule has 0 bridgehead atoms. The van der Waals surface area contributed by atoms with Crippen LogP contribution in [0.4, 0.5) is 0 Å². The zero-order chi connectivity index (χ0) is 20.8. The van der Waals surface area contributed by atoms with Crippen LogP contribution in [-0.2, 0) is 14.8 Å². The summed E-state index contributed by atoms with van der Waals surface area (Å²) in [5.74, 6) is 0.600. The van der Waals surface area contributed by atoms with E-state index >= 15 is 0 Å². The van der Waals surface area contributed by atoms with Gasteiger partial charge in [0.1, 0.15) is 0 Å². The zero-order valence-corrected chi connectivity index (χ0v) is 19.9. The molecular weight excluding hydrogens is 346 g/mol. The molecule has 0 saturated carbocycles. The highest BCUT2D eigenvalue weighted by Crippen LogP contribution is 2.35. The van der Waals surface area contributed by atoms with Crippen LogP contribution in [0.5, 0.6) is 0 Å². The first kappa shape index (κ1) is 25.9. The molecule has 0 aliphatic rings. The van der Waals surface area contributed by atoms with Crippen molar-refractivity contribution in [3.63, 3.8) is 0 Å². The Morgan fingerprint density at radius 3 is 1.69 bits per heavy atom. The molecule has 0 spiro atoms. The van der Waals surface area contributed by atoms with Crippen LogP contribution < -0.4 is 0 Å². The Morgan fingerprint density at radius 1 is 0.923 bits per heavy atom. The first-order chi connectivity index (χ1) is 11.7. The van der Waals surface area contributed by atoms with E-state index in [1.807, 2.05) is 13.8 Å². The van der Waals surface area contributed by atoms with Crippen molar-refractivity contribution in [1.82, 2.24) is 4.31 Å². The predicted octanol–water partition coefficient (Wildman–Crippen LogP) is 5.47. The monoisotopic (exact) mass is 391 g/mol. The minimum absolute atomic E-state index is 0.0821. The number of hydrogen-bond acceptors (Lipinski definition) is 3. The summed E-state index contributed by atoms with van der Waals surface area (Å²) in [5, 5.41) is 0. The summed E-state index contributed by atoms with van der Waals surface area (Å²) in [6.45, 7) is 17.5. The second-order valence-corrected chi connectivity index (χ2v) is 11.6. The van der Waals surface area contributed by atoms with Crippen LogP contribution in [0.15, 0.2) is 0 Å². The molecule has 26 heavy (non-hydrogen) atoms. The minimum Gasteiger partial charge on any atom is -0.375 e. The molecule has 0 aromatic heterocycles. The van der Waals surface area contributed by atoms with Gasteiger partial charge in [-0.3, -0.25) is 0 Å². The summed E-state index contributed by atoms with van der Waals surface area (Å²) in [4.78, 5) is 0. The molecule has 0 amide bonds. The molecule has 0 rings (SSSR count). The van der Waals surface area contributed by atoms with E-state index in [0.29, 0.717) is 12.3 Å². The van der Waals surface area contributed by atoms with Crippen LogP contribution >= 0.6 is 0 Å². The molecule has 2 atom stereocenters. The van der Waals surface area contributed by atoms with E-state index in [1.54, 1.807) is 7.05 Å². The van der Waals surface area contributed by atoms with Gasteiger partial charge in [-0.05, 0) is 50.9 Å². The van der Waals surface area contributed by atoms with Crippen LogP contribution in [0, 0.1) is 11.3 Å². The van der Waals surface area contributed by atoms with Crippen LogP contribution in [-0.4, -0.2) is 43.8 Å². The molecule has 0 aromatic carbocycles. The van der Waals surface area contributed by atoms with Gasteiger partial charge >= 0.3 is 0 Å². The van der Waals surface area contributed by atoms with Gasteiger partial charge in [0.15, 0.2) is 0 Å². The lowest BCUT2D eigenvalue weighted by Gasteiger charge is -2.39. The van der Waals surface area contributed by atoms with Crippen molar-refractivity contribution in [3.8, 4) is 0 Å². The highest BCUT2D eigenvalue weighted by molar-refractivity contribution is 7.88. The Kier molecular flexibility index (Phi) is 10.4. The van der Waals surface area contributed by atoms with E-state index in [9.17, 15) is 8.42 Å². The molecule has 0 aliphatic heterocycles. The van der Waals surface area contributed by atoms with Crippen molar-refractivity contribution < 1.29 is 13.2 Å². The fourth-order valence-corrected chi connectivity index (χ4v) is 4.28. The SMILES string of the molecule is CCCC(CC(C)(C)C(C)C)OC(CCC)CC(C)(C)N(C)S(C)(=O)=O. The third kappa shape index (κ3) is 8.71. The molecular formula is C21H45NO3S. The molecule has 0 N–H and O–H groups in total. The highest BCUT2D eigenvalue weighted by Gasteiger charge is 2.34. The maximum Gasteiger partial charge on any atom is 0.211 e. The molecule has 0 heterocycles. The van der Waals surface area contributed by atoms with Crippen molar-refractivity contribution in [2.45, 2.75) is 112 Å². The molecule has 0 fully saturated rings. The van der Waals surface area contributed by atoms with Gasteiger partial charge in [0.25, 0.3) is 0 Å². The highest BCUT2D eigenvalue weighted by atomic mass is 32.2. The fourth-order valence-electron chi connectivity index (χ4n) is 3.31. The summed E-state index contributed by atoms with van der Waals surface area (Å²) >= 11 is 0. The van der Waals surface area contributed by atoms with Crippen LogP contribution in [0.3, 0.4) is 0 Å². The van der Waals surface area contributed by atoms with Crippen LogP contribution in [0.25, 0.3) is 0 Å². The summed E-state index contributed by atoms with van der Waals surface area (Å²) in [6, 6.07) is 0. The predicted molar refractivity (Wildman–Crippen MR) is 113 cm³/mol. The van der Waals surface area contributed by atoms with Crippen LogP contribution in [0.2, 0.25) is 0 Å². The van der Waals surface area contributed by atoms with E-state index in [0.717, 1.165) is 32.1 Å². The molecule has 0 saturated heterocycles. The van der Waals surface area contributed by atoms with Gasteiger partial charge in [0.2, 0.25) is 10.0 Å². The summed E-state index contributed by atoms with van der Waals surface area (Å²) in [7, 11) is -1.55. The molecule has 0 aliphatic carbocycles. The van der Waals surface area contributed by atoms with Gasteiger partial charge in [0.05, 0.1) is 18.5 Å². The van der Waals surface area contributed by atoms with Crippen molar-refractivity contribution in [2.24, 2.45) is 11.3 Å². The Morgan fingerprint density at radius 2 is 1.35 bits per heavy atom. The van der Waals surface area contributed by atoms with Crippen molar-refractivity contribution in [1.29, 1.82) is 0 Å². The van der Waals surface area contributed by atoms with Gasteiger partial charge in [-0.2, -0.15) is 4.31 Å². The van der Waals surface area contributed by atoms with Crippen molar-refractivity contribution >= 4 is 10.0 Å². The molecule has 5 heteroatoms. The van der Waals surface area contributed by atoms with Gasteiger partial charge in [-0.15, -0.1) is 0 Å². The van der Waals surface area contributed by atoms with Gasteiger partial charge in [0, 0.05) is 12.6 Å². The summed E-state index contributed by atoms with van der Waals surface area (Å²) < 4.78 is 32.1. The lowest BCUT2D eigenvalue weighted by Crippen LogP contribution is -2.47. The first-order valence-corrected chi connectivity index (χ1v) is 12.1. The molecule has 158 valence electrons. The number of sulfonamides is 1. The molecule has 4 nitrogen and oxygen atoms in total. The average Bonchev–Trinajstić information content (AvgIpc) is 2.44. The van der Waals surface area contributed by atoms with Gasteiger partial charge < -0.3 is 4.74 Å². The minimum atomic E-state index is -3.22. The summed E-state index contributed by atoms with van der Waals surface area (Å²) in [6.07, 6.45) is 7.50. The third-order valence-corrected chi connectivity index (χ3v) is 7.49. The average molecular weight is 392 g/mol. The number of nitrogens with zero attached hydrogens (tertiary/aromatic N) is 1. The maximum atomic E-state index is 12.0. The number of hydrogen-bond donors (Lipinski definition) is 0. The Hall–Kier alpha value is -0.130. The normalized spacial score (nSPS) is 16.3. The number of ether oxygens (including phenoxy) is 1. The van der Waals surface area contributed by atoms with E-state index in [-0.39, 0.29) is 17.6 Å². The zero-order valence-electron chi connectivity index (χ0n) is 19.1. The quantitative estimate of drug-likeness (QED) is 0.418. The Labute approximate surface area is 164 Å². The fraction of sp³-hybridized carbons (Fsp3) is 1.00. The molecule has 2 unspecified atom stereocenters. The molecule has 0 aromatic rings. The number of rotatable bonds is 13. The largest absolute Gasteiger partial charge is 0.375 e. The lowest BCUT2D eigenvalue weighted by atomic mass is 9.76. The van der Waals surface area contributed by atoms with Gasteiger partial charge in [-0.1, -0.05) is 54.4 Å². The van der Waals surface area contributed by atoms with E-state index < -0.39 is 15.6 Å². The van der Waals surface area contributed by atoms with Crippen LogP contribution in [0.1, 0.15) is 93.9 Å². The lowest BCUT2D eigenvalue weighted by molar-refractivity contribution is -0.0614. The summed E-state index contributed by atoms with van der Waals surface area (Å²) in [5.41, 5.74) is -0.229. The first-order valence-electron chi connectivity index (χ1n) is 10.3. The van der Waals surface area contributed by atoms with E-state index in [2.05, 4.69) is 41.5 Å². The molecule has 0 radical (unpaired) electrons. The van der Waals surface area contributed by atoms with E-state index in [1.165, 1.54) is 10.6 Å². The van der Waals surface area contributed by atoms with Crippen molar-refractivity contribution in [2.75, 3.05) is 13.3 Å². The Bertz CT molecular complexity index is 497. The second-order valence-electron chi connectivity index (χ2n) is 9.55. The second kappa shape index (κ2) is 10.4. The van der Waals surface area contributed by atoms with Gasteiger partial charge in [-0.25, -0.2) is 8.42 Å². The standard InChI is InChI=1S/C21H45NO3S/c1-11-13-18(15-20(5,6)17(3)4)25-19(14-12-2)16-21(7,8)22(9)26(10,23)24/h17-19H,11-16H2,1-10H3. The smallest absolute Gasteiger partial charge is 0.211 e.